The van der Waals surface area contributed by atoms with Crippen molar-refractivity contribution in [3.8, 4) is 5.75 Å². The molecule has 17 heavy (non-hydrogen) atoms. The molecule has 1 aromatic heterocycles. The molecule has 0 unspecified atom stereocenters. The Bertz CT molecular complexity index is 540. The van der Waals surface area contributed by atoms with Crippen molar-refractivity contribution in [2.45, 2.75) is 6.54 Å². The fraction of sp³-hybridized carbons (Fsp3) is 0.167. The van der Waals surface area contributed by atoms with Gasteiger partial charge in [-0.3, -0.25) is 9.36 Å². The minimum absolute atomic E-state index is 0.0303. The lowest BCUT2D eigenvalue weighted by molar-refractivity contribution is 0.295. The van der Waals surface area contributed by atoms with E-state index >= 15 is 0 Å². The molecular weight excluding hydrogens is 331 g/mol. The molecule has 4 nitrogen and oxygen atoms in total. The van der Waals surface area contributed by atoms with Crippen LogP contribution in [0.4, 0.5) is 0 Å². The van der Waals surface area contributed by atoms with Gasteiger partial charge in [-0.1, -0.05) is 18.2 Å². The number of para-hydroxylation sites is 1. The molecule has 0 atom stereocenters. The van der Waals surface area contributed by atoms with E-state index < -0.39 is 0 Å². The Balaban J connectivity index is 1.95. The quantitative estimate of drug-likeness (QED) is 0.798. The summed E-state index contributed by atoms with van der Waals surface area (Å²) in [6, 6.07) is 9.52. The van der Waals surface area contributed by atoms with Gasteiger partial charge in [0.05, 0.1) is 16.4 Å². The summed E-state index contributed by atoms with van der Waals surface area (Å²) in [6.07, 6.45) is 3.08. The van der Waals surface area contributed by atoms with Gasteiger partial charge < -0.3 is 4.74 Å². The molecule has 0 aliphatic rings. The maximum Gasteiger partial charge on any atom is 0.266 e. The summed E-state index contributed by atoms with van der Waals surface area (Å²) < 4.78 is 7.68. The Labute approximate surface area is 112 Å². The van der Waals surface area contributed by atoms with Gasteiger partial charge in [0, 0.05) is 6.20 Å². The highest BCUT2D eigenvalue weighted by molar-refractivity contribution is 14.1. The van der Waals surface area contributed by atoms with E-state index in [4.69, 9.17) is 4.74 Å². The first kappa shape index (κ1) is 12.1. The molecular formula is C12H11IN2O2. The van der Waals surface area contributed by atoms with Gasteiger partial charge in [0.15, 0.2) is 0 Å². The topological polar surface area (TPSA) is 44.1 Å². The Morgan fingerprint density at radius 1 is 1.29 bits per heavy atom. The van der Waals surface area contributed by atoms with Crippen molar-refractivity contribution in [1.82, 2.24) is 9.55 Å². The van der Waals surface area contributed by atoms with Crippen LogP contribution in [0.2, 0.25) is 0 Å². The molecule has 0 bridgehead atoms. The Morgan fingerprint density at radius 3 is 2.82 bits per heavy atom. The van der Waals surface area contributed by atoms with Gasteiger partial charge >= 0.3 is 0 Å². The van der Waals surface area contributed by atoms with Gasteiger partial charge in [-0.2, -0.15) is 0 Å². The molecule has 1 aromatic carbocycles. The molecule has 0 aliphatic carbocycles. The molecule has 0 amide bonds. The van der Waals surface area contributed by atoms with Crippen LogP contribution in [0.25, 0.3) is 0 Å². The third-order valence-electron chi connectivity index (χ3n) is 2.20. The maximum absolute atomic E-state index is 11.7. The SMILES string of the molecule is O=c1c(I)cncn1CCOc1ccccc1. The first-order chi connectivity index (χ1) is 8.27. The van der Waals surface area contributed by atoms with E-state index in [1.165, 1.54) is 6.33 Å². The first-order valence-corrected chi connectivity index (χ1v) is 6.23. The molecule has 0 N–H and O–H groups in total. The highest BCUT2D eigenvalue weighted by Gasteiger charge is 2.00. The molecule has 0 aliphatic heterocycles. The minimum Gasteiger partial charge on any atom is -0.492 e. The molecule has 2 aromatic rings. The van der Waals surface area contributed by atoms with Crippen LogP contribution in [0.5, 0.6) is 5.75 Å². The van der Waals surface area contributed by atoms with Crippen LogP contribution in [0.15, 0.2) is 47.7 Å². The lowest BCUT2D eigenvalue weighted by Crippen LogP contribution is -2.25. The average Bonchev–Trinajstić information content (AvgIpc) is 2.36. The van der Waals surface area contributed by atoms with Crippen molar-refractivity contribution < 1.29 is 4.74 Å². The number of hydrogen-bond donors (Lipinski definition) is 0. The number of ether oxygens (including phenoxy) is 1. The van der Waals surface area contributed by atoms with E-state index in [-0.39, 0.29) is 5.56 Å². The summed E-state index contributed by atoms with van der Waals surface area (Å²) in [4.78, 5) is 15.6. The zero-order chi connectivity index (χ0) is 12.1. The number of halogens is 1. The molecule has 2 rings (SSSR count). The van der Waals surface area contributed by atoms with Gasteiger partial charge in [0.2, 0.25) is 0 Å². The monoisotopic (exact) mass is 342 g/mol. The molecule has 5 heteroatoms. The number of hydrogen-bond acceptors (Lipinski definition) is 3. The summed E-state index contributed by atoms with van der Waals surface area (Å²) in [5.74, 6) is 0.805. The van der Waals surface area contributed by atoms with Crippen LogP contribution in [-0.2, 0) is 6.54 Å². The molecule has 0 spiro atoms. The molecule has 88 valence electrons. The summed E-state index contributed by atoms with van der Waals surface area (Å²) in [7, 11) is 0. The third kappa shape index (κ3) is 3.29. The molecule has 0 saturated carbocycles. The molecule has 0 fully saturated rings. The van der Waals surface area contributed by atoms with E-state index in [9.17, 15) is 4.79 Å². The zero-order valence-electron chi connectivity index (χ0n) is 9.04. The zero-order valence-corrected chi connectivity index (χ0v) is 11.2. The van der Waals surface area contributed by atoms with Gasteiger partial charge in [0.1, 0.15) is 12.4 Å². The lowest BCUT2D eigenvalue weighted by atomic mass is 10.3. The fourth-order valence-corrected chi connectivity index (χ4v) is 1.83. The second-order valence-electron chi connectivity index (χ2n) is 3.40. The van der Waals surface area contributed by atoms with Gasteiger partial charge in [-0.15, -0.1) is 0 Å². The smallest absolute Gasteiger partial charge is 0.266 e. The van der Waals surface area contributed by atoms with Crippen molar-refractivity contribution in [3.05, 3.63) is 56.8 Å². The first-order valence-electron chi connectivity index (χ1n) is 5.15. The highest BCUT2D eigenvalue weighted by Crippen LogP contribution is 2.07. The van der Waals surface area contributed by atoms with Crippen molar-refractivity contribution in [2.24, 2.45) is 0 Å². The number of nitrogens with zero attached hydrogens (tertiary/aromatic N) is 2. The van der Waals surface area contributed by atoms with Crippen molar-refractivity contribution in [3.63, 3.8) is 0 Å². The van der Waals surface area contributed by atoms with Gasteiger partial charge in [-0.25, -0.2) is 4.98 Å². The third-order valence-corrected chi connectivity index (χ3v) is 2.94. The van der Waals surface area contributed by atoms with Crippen molar-refractivity contribution >= 4 is 22.6 Å². The van der Waals surface area contributed by atoms with Crippen LogP contribution in [-0.4, -0.2) is 16.2 Å². The lowest BCUT2D eigenvalue weighted by Gasteiger charge is -2.07. The second-order valence-corrected chi connectivity index (χ2v) is 4.56. The summed E-state index contributed by atoms with van der Waals surface area (Å²) in [5.41, 5.74) is -0.0303. The van der Waals surface area contributed by atoms with Crippen molar-refractivity contribution in [2.75, 3.05) is 6.61 Å². The number of benzene rings is 1. The standard InChI is InChI=1S/C12H11IN2O2/c13-11-8-14-9-15(12(11)16)6-7-17-10-4-2-1-3-5-10/h1-5,8-9H,6-7H2. The summed E-state index contributed by atoms with van der Waals surface area (Å²) >= 11 is 1.98. The van der Waals surface area contributed by atoms with Crippen LogP contribution in [0, 0.1) is 3.57 Å². The Hall–Kier alpha value is -1.37. The average molecular weight is 342 g/mol. The Kier molecular flexibility index (Phi) is 4.13. The van der Waals surface area contributed by atoms with E-state index in [1.54, 1.807) is 10.8 Å². The number of rotatable bonds is 4. The van der Waals surface area contributed by atoms with Crippen LogP contribution in [0.3, 0.4) is 0 Å². The fourth-order valence-electron chi connectivity index (χ4n) is 1.36. The predicted octanol–water partition coefficient (Wildman–Crippen LogP) is 1.93. The number of aromatic nitrogens is 2. The van der Waals surface area contributed by atoms with E-state index in [1.807, 2.05) is 52.9 Å². The van der Waals surface area contributed by atoms with Crippen molar-refractivity contribution in [1.29, 1.82) is 0 Å². The minimum atomic E-state index is -0.0303. The molecule has 1 heterocycles. The van der Waals surface area contributed by atoms with Gasteiger partial charge in [0.25, 0.3) is 5.56 Å². The van der Waals surface area contributed by atoms with Crippen LogP contribution < -0.4 is 10.3 Å². The summed E-state index contributed by atoms with van der Waals surface area (Å²) in [6.45, 7) is 0.948. The van der Waals surface area contributed by atoms with E-state index in [2.05, 4.69) is 4.98 Å². The predicted molar refractivity (Wildman–Crippen MR) is 73.2 cm³/mol. The van der Waals surface area contributed by atoms with Crippen LogP contribution >= 0.6 is 22.6 Å². The maximum atomic E-state index is 11.7. The largest absolute Gasteiger partial charge is 0.492 e. The second kappa shape index (κ2) is 5.81. The van der Waals surface area contributed by atoms with Crippen LogP contribution in [0.1, 0.15) is 0 Å². The van der Waals surface area contributed by atoms with E-state index in [0.29, 0.717) is 16.7 Å². The summed E-state index contributed by atoms with van der Waals surface area (Å²) in [5, 5.41) is 0. The van der Waals surface area contributed by atoms with E-state index in [0.717, 1.165) is 5.75 Å². The molecule has 0 saturated heterocycles. The Morgan fingerprint density at radius 2 is 2.06 bits per heavy atom. The molecule has 0 radical (unpaired) electrons. The highest BCUT2D eigenvalue weighted by atomic mass is 127. The van der Waals surface area contributed by atoms with Gasteiger partial charge in [-0.05, 0) is 34.7 Å². The normalized spacial score (nSPS) is 10.2.